The molecular formula is C9H12ClN3O4. The standard InChI is InChI=1S/C9H12ClN3O4/c1-3-16-5-6(2)17-8-7(13(14)15)4-11-9(10)12-8/h4,6H,3,5H2,1-2H3. The van der Waals surface area contributed by atoms with Gasteiger partial charge in [-0.15, -0.1) is 0 Å². The second-order valence-electron chi connectivity index (χ2n) is 3.17. The fraction of sp³-hybridized carbons (Fsp3) is 0.556. The molecule has 1 unspecified atom stereocenters. The van der Waals surface area contributed by atoms with Gasteiger partial charge in [-0.3, -0.25) is 10.1 Å². The van der Waals surface area contributed by atoms with Crippen molar-refractivity contribution >= 4 is 17.3 Å². The molecule has 0 aliphatic heterocycles. The van der Waals surface area contributed by atoms with Crippen LogP contribution in [0, 0.1) is 10.1 Å². The Hall–Kier alpha value is -1.47. The smallest absolute Gasteiger partial charge is 0.349 e. The Bertz CT molecular complexity index is 402. The van der Waals surface area contributed by atoms with E-state index in [9.17, 15) is 10.1 Å². The normalized spacial score (nSPS) is 12.2. The minimum Gasteiger partial charge on any atom is -0.467 e. The highest BCUT2D eigenvalue weighted by Gasteiger charge is 2.20. The van der Waals surface area contributed by atoms with Gasteiger partial charge in [0.15, 0.2) is 0 Å². The Morgan fingerprint density at radius 1 is 1.65 bits per heavy atom. The summed E-state index contributed by atoms with van der Waals surface area (Å²) < 4.78 is 10.4. The molecule has 0 saturated carbocycles. The van der Waals surface area contributed by atoms with Crippen LogP contribution >= 0.6 is 11.6 Å². The SMILES string of the molecule is CCOCC(C)Oc1nc(Cl)ncc1[N+](=O)[O-]. The molecule has 1 rings (SSSR count). The van der Waals surface area contributed by atoms with Crippen LogP contribution in [-0.2, 0) is 4.74 Å². The zero-order chi connectivity index (χ0) is 12.8. The molecule has 94 valence electrons. The number of ether oxygens (including phenoxy) is 2. The van der Waals surface area contributed by atoms with Crippen LogP contribution in [0.4, 0.5) is 5.69 Å². The minimum absolute atomic E-state index is 0.103. The Labute approximate surface area is 103 Å². The molecule has 1 heterocycles. The molecule has 7 nitrogen and oxygen atoms in total. The van der Waals surface area contributed by atoms with Crippen molar-refractivity contribution < 1.29 is 14.4 Å². The van der Waals surface area contributed by atoms with Gasteiger partial charge in [0.2, 0.25) is 5.28 Å². The minimum atomic E-state index is -0.626. The van der Waals surface area contributed by atoms with E-state index < -0.39 is 4.92 Å². The van der Waals surface area contributed by atoms with Crippen LogP contribution in [0.1, 0.15) is 13.8 Å². The number of nitro groups is 1. The zero-order valence-electron chi connectivity index (χ0n) is 9.42. The fourth-order valence-corrected chi connectivity index (χ4v) is 1.19. The summed E-state index contributed by atoms with van der Waals surface area (Å²) in [5.41, 5.74) is -0.322. The summed E-state index contributed by atoms with van der Waals surface area (Å²) >= 11 is 5.55. The van der Waals surface area contributed by atoms with Gasteiger partial charge >= 0.3 is 5.69 Å². The number of rotatable bonds is 6. The molecule has 0 amide bonds. The largest absolute Gasteiger partial charge is 0.467 e. The predicted molar refractivity (Wildman–Crippen MR) is 60.3 cm³/mol. The summed E-state index contributed by atoms with van der Waals surface area (Å²) in [7, 11) is 0. The van der Waals surface area contributed by atoms with Gasteiger partial charge in [0.25, 0.3) is 5.88 Å². The van der Waals surface area contributed by atoms with Crippen LogP contribution in [0.3, 0.4) is 0 Å². The number of halogens is 1. The summed E-state index contributed by atoms with van der Waals surface area (Å²) in [4.78, 5) is 17.3. The highest BCUT2D eigenvalue weighted by Crippen LogP contribution is 2.25. The van der Waals surface area contributed by atoms with E-state index in [1.54, 1.807) is 6.92 Å². The lowest BCUT2D eigenvalue weighted by Gasteiger charge is -2.13. The van der Waals surface area contributed by atoms with Gasteiger partial charge in [-0.2, -0.15) is 4.98 Å². The summed E-state index contributed by atoms with van der Waals surface area (Å²) in [6.07, 6.45) is 0.651. The van der Waals surface area contributed by atoms with E-state index >= 15 is 0 Å². The predicted octanol–water partition coefficient (Wildman–Crippen LogP) is 1.84. The quantitative estimate of drug-likeness (QED) is 0.441. The lowest BCUT2D eigenvalue weighted by Crippen LogP contribution is -2.20. The molecular weight excluding hydrogens is 250 g/mol. The zero-order valence-corrected chi connectivity index (χ0v) is 10.2. The van der Waals surface area contributed by atoms with Crippen molar-refractivity contribution in [1.82, 2.24) is 9.97 Å². The van der Waals surface area contributed by atoms with E-state index in [1.165, 1.54) is 0 Å². The average molecular weight is 262 g/mol. The van der Waals surface area contributed by atoms with E-state index in [0.717, 1.165) is 6.20 Å². The van der Waals surface area contributed by atoms with Gasteiger partial charge in [-0.1, -0.05) is 0 Å². The Kier molecular flexibility index (Phi) is 5.05. The van der Waals surface area contributed by atoms with Crippen molar-refractivity contribution in [2.75, 3.05) is 13.2 Å². The Morgan fingerprint density at radius 2 is 2.35 bits per heavy atom. The maximum absolute atomic E-state index is 10.7. The van der Waals surface area contributed by atoms with Gasteiger partial charge in [0.05, 0.1) is 11.5 Å². The van der Waals surface area contributed by atoms with Crippen molar-refractivity contribution in [3.63, 3.8) is 0 Å². The monoisotopic (exact) mass is 261 g/mol. The molecule has 1 aromatic heterocycles. The van der Waals surface area contributed by atoms with E-state index in [2.05, 4.69) is 9.97 Å². The molecule has 8 heteroatoms. The number of hydrogen-bond donors (Lipinski definition) is 0. The second kappa shape index (κ2) is 6.31. The summed E-state index contributed by atoms with van der Waals surface area (Å²) in [6, 6.07) is 0. The lowest BCUT2D eigenvalue weighted by molar-refractivity contribution is -0.386. The van der Waals surface area contributed by atoms with Crippen molar-refractivity contribution in [3.05, 3.63) is 21.6 Å². The van der Waals surface area contributed by atoms with E-state index in [4.69, 9.17) is 21.1 Å². The molecule has 0 fully saturated rings. The first kappa shape index (κ1) is 13.6. The van der Waals surface area contributed by atoms with Crippen LogP contribution < -0.4 is 4.74 Å². The number of aromatic nitrogens is 2. The summed E-state index contributed by atoms with van der Waals surface area (Å²) in [5, 5.41) is 10.6. The van der Waals surface area contributed by atoms with Gasteiger partial charge in [0, 0.05) is 6.61 Å². The van der Waals surface area contributed by atoms with Crippen LogP contribution in [0.2, 0.25) is 5.28 Å². The second-order valence-corrected chi connectivity index (χ2v) is 3.51. The molecule has 0 N–H and O–H groups in total. The van der Waals surface area contributed by atoms with Crippen molar-refractivity contribution in [3.8, 4) is 5.88 Å². The third-order valence-corrected chi connectivity index (χ3v) is 1.95. The first-order chi connectivity index (χ1) is 8.04. The van der Waals surface area contributed by atoms with E-state index in [0.29, 0.717) is 13.2 Å². The van der Waals surface area contributed by atoms with E-state index in [-0.39, 0.29) is 23.0 Å². The van der Waals surface area contributed by atoms with Crippen molar-refractivity contribution in [2.24, 2.45) is 0 Å². The third kappa shape index (κ3) is 4.12. The number of nitrogens with zero attached hydrogens (tertiary/aromatic N) is 3. The molecule has 0 aromatic carbocycles. The van der Waals surface area contributed by atoms with Gasteiger partial charge < -0.3 is 9.47 Å². The summed E-state index contributed by atoms with van der Waals surface area (Å²) in [5.74, 6) is -0.151. The van der Waals surface area contributed by atoms with Crippen LogP contribution in [0.25, 0.3) is 0 Å². The molecule has 0 aliphatic carbocycles. The van der Waals surface area contributed by atoms with Crippen LogP contribution in [0.5, 0.6) is 5.88 Å². The van der Waals surface area contributed by atoms with Crippen molar-refractivity contribution in [2.45, 2.75) is 20.0 Å². The Morgan fingerprint density at radius 3 is 2.94 bits per heavy atom. The van der Waals surface area contributed by atoms with Crippen molar-refractivity contribution in [1.29, 1.82) is 0 Å². The topological polar surface area (TPSA) is 87.4 Å². The molecule has 1 aromatic rings. The average Bonchev–Trinajstić information content (AvgIpc) is 2.26. The lowest BCUT2D eigenvalue weighted by atomic mass is 10.4. The molecule has 0 aliphatic rings. The van der Waals surface area contributed by atoms with Gasteiger partial charge in [-0.25, -0.2) is 4.98 Å². The molecule has 1 atom stereocenters. The fourth-order valence-electron chi connectivity index (χ4n) is 1.06. The summed E-state index contributed by atoms with van der Waals surface area (Å²) in [6.45, 7) is 4.42. The molecule has 0 bridgehead atoms. The Balaban J connectivity index is 2.81. The molecule has 17 heavy (non-hydrogen) atoms. The third-order valence-electron chi connectivity index (χ3n) is 1.77. The highest BCUT2D eigenvalue weighted by molar-refractivity contribution is 6.28. The maximum atomic E-state index is 10.7. The number of hydrogen-bond acceptors (Lipinski definition) is 6. The van der Waals surface area contributed by atoms with Crippen LogP contribution in [0.15, 0.2) is 6.20 Å². The maximum Gasteiger partial charge on any atom is 0.349 e. The van der Waals surface area contributed by atoms with Crippen LogP contribution in [-0.4, -0.2) is 34.2 Å². The van der Waals surface area contributed by atoms with Gasteiger partial charge in [-0.05, 0) is 25.4 Å². The molecule has 0 radical (unpaired) electrons. The van der Waals surface area contributed by atoms with E-state index in [1.807, 2.05) is 6.92 Å². The first-order valence-electron chi connectivity index (χ1n) is 4.96. The highest BCUT2D eigenvalue weighted by atomic mass is 35.5. The molecule has 0 spiro atoms. The molecule has 0 saturated heterocycles. The first-order valence-corrected chi connectivity index (χ1v) is 5.33. The van der Waals surface area contributed by atoms with Gasteiger partial charge in [0.1, 0.15) is 12.3 Å².